The number of aliphatic hydroxyl groups is 1. The smallest absolute Gasteiger partial charge is 0.312 e. The van der Waals surface area contributed by atoms with Crippen LogP contribution in [0.5, 0.6) is 0 Å². The third-order valence-corrected chi connectivity index (χ3v) is 7.95. The van der Waals surface area contributed by atoms with Crippen molar-refractivity contribution in [2.24, 2.45) is 11.8 Å². The van der Waals surface area contributed by atoms with Gasteiger partial charge in [-0.1, -0.05) is 36.7 Å². The first-order chi connectivity index (χ1) is 16.8. The van der Waals surface area contributed by atoms with Crippen molar-refractivity contribution >= 4 is 35.1 Å². The Hall–Kier alpha value is -2.42. The zero-order valence-electron chi connectivity index (χ0n) is 20.4. The number of aliphatic hydroxyl groups excluding tert-OH is 1. The monoisotopic (exact) mass is 504 g/mol. The van der Waals surface area contributed by atoms with E-state index in [0.29, 0.717) is 30.0 Å². The SMILES string of the molecule is C=CCN(C(=O)[C@@H]1N([C@@H](CC)CO)C(=O)[C@H]2[C@H](C(=O)OCC)[C@@H]3CC[C@]12O3)c1c(C)cccc1Cl. The number of likely N-dealkylation sites (tertiary alicyclic amines) is 1. The Kier molecular flexibility index (Phi) is 7.27. The summed E-state index contributed by atoms with van der Waals surface area (Å²) in [7, 11) is 0. The molecular formula is C26H33ClN2O6. The molecule has 1 aromatic rings. The molecular weight excluding hydrogens is 472 g/mol. The number of fused-ring (bicyclic) bond motifs is 1. The number of amides is 2. The Balaban J connectivity index is 1.84. The molecule has 3 fully saturated rings. The maximum Gasteiger partial charge on any atom is 0.312 e. The zero-order chi connectivity index (χ0) is 25.5. The second-order valence-corrected chi connectivity index (χ2v) is 9.85. The van der Waals surface area contributed by atoms with E-state index >= 15 is 0 Å². The van der Waals surface area contributed by atoms with Crippen LogP contribution >= 0.6 is 11.6 Å². The number of halogens is 1. The summed E-state index contributed by atoms with van der Waals surface area (Å²) >= 11 is 6.54. The highest BCUT2D eigenvalue weighted by molar-refractivity contribution is 6.34. The van der Waals surface area contributed by atoms with Crippen LogP contribution in [0.2, 0.25) is 5.02 Å². The number of anilines is 1. The molecule has 3 heterocycles. The molecule has 3 saturated heterocycles. The van der Waals surface area contributed by atoms with E-state index in [4.69, 9.17) is 21.1 Å². The standard InChI is InChI=1S/C26H33ClN2O6/c1-5-13-28(21-15(4)9-8-10-17(21)27)24(32)22-26-12-11-18(35-26)19(25(33)34-7-3)20(26)23(31)29(22)16(6-2)14-30/h5,8-10,16,18-20,22,30H,1,6-7,11-14H2,2-4H3/t16-,18-,19+,20+,22-,26+/m0/s1. The van der Waals surface area contributed by atoms with E-state index in [9.17, 15) is 19.5 Å². The Labute approximate surface area is 210 Å². The summed E-state index contributed by atoms with van der Waals surface area (Å²) in [6.07, 6.45) is 2.57. The minimum atomic E-state index is -1.17. The third kappa shape index (κ3) is 3.86. The number of carbonyl (C=O) groups is 3. The van der Waals surface area contributed by atoms with Gasteiger partial charge in [-0.3, -0.25) is 14.4 Å². The molecule has 4 rings (SSSR count). The highest BCUT2D eigenvalue weighted by atomic mass is 35.5. The lowest BCUT2D eigenvalue weighted by atomic mass is 9.70. The van der Waals surface area contributed by atoms with E-state index in [2.05, 4.69) is 6.58 Å². The number of carbonyl (C=O) groups excluding carboxylic acids is 3. The van der Waals surface area contributed by atoms with Gasteiger partial charge >= 0.3 is 5.97 Å². The molecule has 1 N–H and O–H groups in total. The molecule has 3 aliphatic heterocycles. The van der Waals surface area contributed by atoms with Crippen molar-refractivity contribution < 1.29 is 29.0 Å². The highest BCUT2D eigenvalue weighted by Crippen LogP contribution is 2.59. The van der Waals surface area contributed by atoms with Crippen molar-refractivity contribution in [1.82, 2.24) is 4.90 Å². The normalized spacial score (nSPS) is 29.7. The van der Waals surface area contributed by atoms with Crippen LogP contribution in [-0.2, 0) is 23.9 Å². The molecule has 0 aromatic heterocycles. The Morgan fingerprint density at radius 2 is 2.17 bits per heavy atom. The number of para-hydroxylation sites is 1. The number of aryl methyl sites for hydroxylation is 1. The molecule has 8 nitrogen and oxygen atoms in total. The fourth-order valence-electron chi connectivity index (χ4n) is 6.22. The van der Waals surface area contributed by atoms with Crippen LogP contribution in [0.4, 0.5) is 5.69 Å². The minimum Gasteiger partial charge on any atom is -0.466 e. The molecule has 0 saturated carbocycles. The molecule has 35 heavy (non-hydrogen) atoms. The van der Waals surface area contributed by atoms with Gasteiger partial charge in [0.15, 0.2) is 0 Å². The molecule has 0 radical (unpaired) electrons. The van der Waals surface area contributed by atoms with Crippen LogP contribution in [0, 0.1) is 18.8 Å². The van der Waals surface area contributed by atoms with E-state index in [0.717, 1.165) is 5.56 Å². The van der Waals surface area contributed by atoms with Gasteiger partial charge in [0.1, 0.15) is 11.6 Å². The maximum absolute atomic E-state index is 14.4. The quantitative estimate of drug-likeness (QED) is 0.410. The van der Waals surface area contributed by atoms with Crippen molar-refractivity contribution in [3.05, 3.63) is 41.4 Å². The van der Waals surface area contributed by atoms with Gasteiger partial charge in [-0.05, 0) is 44.7 Å². The molecule has 1 aromatic carbocycles. The zero-order valence-corrected chi connectivity index (χ0v) is 21.2. The molecule has 2 bridgehead atoms. The first kappa shape index (κ1) is 25.7. The lowest BCUT2D eigenvalue weighted by Crippen LogP contribution is -2.59. The Morgan fingerprint density at radius 3 is 2.77 bits per heavy atom. The van der Waals surface area contributed by atoms with Crippen molar-refractivity contribution in [1.29, 1.82) is 0 Å². The highest BCUT2D eigenvalue weighted by Gasteiger charge is 2.75. The van der Waals surface area contributed by atoms with E-state index < -0.39 is 41.6 Å². The molecule has 1 spiro atoms. The summed E-state index contributed by atoms with van der Waals surface area (Å²) < 4.78 is 11.7. The van der Waals surface area contributed by atoms with Gasteiger partial charge < -0.3 is 24.4 Å². The molecule has 0 aliphatic carbocycles. The number of hydrogen-bond donors (Lipinski definition) is 1. The van der Waals surface area contributed by atoms with Crippen LogP contribution in [0.25, 0.3) is 0 Å². The number of nitrogens with zero attached hydrogens (tertiary/aromatic N) is 2. The summed E-state index contributed by atoms with van der Waals surface area (Å²) in [4.78, 5) is 44.2. The van der Waals surface area contributed by atoms with Gasteiger partial charge in [0, 0.05) is 6.54 Å². The average Bonchev–Trinajstić information content (AvgIpc) is 3.47. The molecule has 6 atom stereocenters. The molecule has 0 unspecified atom stereocenters. The van der Waals surface area contributed by atoms with E-state index in [1.165, 1.54) is 9.80 Å². The van der Waals surface area contributed by atoms with E-state index in [-0.39, 0.29) is 31.6 Å². The summed E-state index contributed by atoms with van der Waals surface area (Å²) in [6.45, 7) is 9.29. The number of hydrogen-bond acceptors (Lipinski definition) is 6. The van der Waals surface area contributed by atoms with E-state index in [1.807, 2.05) is 26.0 Å². The van der Waals surface area contributed by atoms with Crippen LogP contribution < -0.4 is 4.90 Å². The molecule has 190 valence electrons. The van der Waals surface area contributed by atoms with Crippen LogP contribution in [0.1, 0.15) is 38.7 Å². The predicted octanol–water partition coefficient (Wildman–Crippen LogP) is 2.88. The van der Waals surface area contributed by atoms with Gasteiger partial charge in [0.05, 0.1) is 47.9 Å². The third-order valence-electron chi connectivity index (χ3n) is 7.64. The van der Waals surface area contributed by atoms with Crippen LogP contribution in [0.3, 0.4) is 0 Å². The van der Waals surface area contributed by atoms with Crippen molar-refractivity contribution in [2.45, 2.75) is 63.8 Å². The van der Waals surface area contributed by atoms with Gasteiger partial charge in [0.25, 0.3) is 5.91 Å². The second-order valence-electron chi connectivity index (χ2n) is 9.44. The first-order valence-electron chi connectivity index (χ1n) is 12.2. The summed E-state index contributed by atoms with van der Waals surface area (Å²) in [5.41, 5.74) is 0.165. The van der Waals surface area contributed by atoms with Crippen molar-refractivity contribution in [3.63, 3.8) is 0 Å². The number of esters is 1. The summed E-state index contributed by atoms with van der Waals surface area (Å²) in [5.74, 6) is -2.81. The topological polar surface area (TPSA) is 96.4 Å². The van der Waals surface area contributed by atoms with Crippen molar-refractivity contribution in [2.75, 3.05) is 24.7 Å². The second kappa shape index (κ2) is 9.91. The number of ether oxygens (including phenoxy) is 2. The van der Waals surface area contributed by atoms with Gasteiger partial charge in [-0.15, -0.1) is 6.58 Å². The molecule has 3 aliphatic rings. The van der Waals surface area contributed by atoms with Gasteiger partial charge in [-0.2, -0.15) is 0 Å². The van der Waals surface area contributed by atoms with Crippen LogP contribution in [-0.4, -0.2) is 71.3 Å². The number of rotatable bonds is 9. The first-order valence-corrected chi connectivity index (χ1v) is 12.6. The fraction of sp³-hybridized carbons (Fsp3) is 0.577. The van der Waals surface area contributed by atoms with Gasteiger partial charge in [0.2, 0.25) is 5.91 Å². The van der Waals surface area contributed by atoms with E-state index in [1.54, 1.807) is 19.1 Å². The Morgan fingerprint density at radius 1 is 1.43 bits per heavy atom. The largest absolute Gasteiger partial charge is 0.466 e. The predicted molar refractivity (Wildman–Crippen MR) is 131 cm³/mol. The lowest BCUT2D eigenvalue weighted by Gasteiger charge is -2.39. The summed E-state index contributed by atoms with van der Waals surface area (Å²) in [5, 5.41) is 10.6. The Bertz CT molecular complexity index is 1010. The minimum absolute atomic E-state index is 0.170. The molecule has 2 amide bonds. The van der Waals surface area contributed by atoms with Crippen molar-refractivity contribution in [3.8, 4) is 0 Å². The fourth-order valence-corrected chi connectivity index (χ4v) is 6.54. The summed E-state index contributed by atoms with van der Waals surface area (Å²) in [6, 6.07) is 3.77. The van der Waals surface area contributed by atoms with Gasteiger partial charge in [-0.25, -0.2) is 0 Å². The van der Waals surface area contributed by atoms with Crippen LogP contribution in [0.15, 0.2) is 30.9 Å². The number of benzene rings is 1. The maximum atomic E-state index is 14.4. The molecule has 9 heteroatoms. The average molecular weight is 505 g/mol. The lowest BCUT2D eigenvalue weighted by molar-refractivity contribution is -0.155.